The van der Waals surface area contributed by atoms with Crippen molar-refractivity contribution in [3.63, 3.8) is 0 Å². The Labute approximate surface area is 270 Å². The number of carbonyl (C=O) groups is 2. The van der Waals surface area contributed by atoms with Gasteiger partial charge in [0.15, 0.2) is 9.84 Å². The van der Waals surface area contributed by atoms with E-state index in [1.54, 1.807) is 27.7 Å². The molecule has 3 heterocycles. The smallest absolute Gasteiger partial charge is 0.420 e. The lowest BCUT2D eigenvalue weighted by Crippen LogP contribution is -2.48. The van der Waals surface area contributed by atoms with E-state index in [9.17, 15) is 31.2 Å². The zero-order valence-corrected chi connectivity index (χ0v) is 27.2. The van der Waals surface area contributed by atoms with Crippen LogP contribution in [0.4, 0.5) is 18.0 Å². The minimum atomic E-state index is -4.89. The average molecular weight is 680 g/mol. The van der Waals surface area contributed by atoms with Gasteiger partial charge in [0.05, 0.1) is 24.5 Å². The molecule has 47 heavy (non-hydrogen) atoms. The minimum absolute atomic E-state index is 0.0769. The van der Waals surface area contributed by atoms with E-state index in [0.717, 1.165) is 30.1 Å². The summed E-state index contributed by atoms with van der Waals surface area (Å²) in [5, 5.41) is 3.79. The first-order valence-corrected chi connectivity index (χ1v) is 16.7. The molecular weight excluding hydrogens is 643 g/mol. The van der Waals surface area contributed by atoms with Crippen molar-refractivity contribution in [3.8, 4) is 22.9 Å². The predicted molar refractivity (Wildman–Crippen MR) is 162 cm³/mol. The number of urea groups is 1. The second-order valence-corrected chi connectivity index (χ2v) is 14.3. The van der Waals surface area contributed by atoms with Crippen molar-refractivity contribution in [2.75, 3.05) is 45.1 Å². The van der Waals surface area contributed by atoms with Crippen LogP contribution in [0, 0.1) is 5.92 Å². The third kappa shape index (κ3) is 7.44. The van der Waals surface area contributed by atoms with Crippen LogP contribution in [0.3, 0.4) is 0 Å². The van der Waals surface area contributed by atoms with Gasteiger partial charge in [-0.3, -0.25) is 14.6 Å². The van der Waals surface area contributed by atoms with Gasteiger partial charge in [0.1, 0.15) is 28.5 Å². The summed E-state index contributed by atoms with van der Waals surface area (Å²) in [6.45, 7) is 9.87. The van der Waals surface area contributed by atoms with Crippen LogP contribution in [0.1, 0.15) is 39.1 Å². The highest BCUT2D eigenvalue weighted by molar-refractivity contribution is 7.91. The van der Waals surface area contributed by atoms with Crippen LogP contribution >= 0.6 is 0 Å². The molecule has 5 rings (SSSR count). The zero-order chi connectivity index (χ0) is 34.1. The van der Waals surface area contributed by atoms with E-state index in [-0.39, 0.29) is 46.1 Å². The quantitative estimate of drug-likeness (QED) is 0.259. The summed E-state index contributed by atoms with van der Waals surface area (Å²) >= 11 is 0. The number of nitrogens with zero attached hydrogens (tertiary/aromatic N) is 5. The summed E-state index contributed by atoms with van der Waals surface area (Å²) in [4.78, 5) is 35.1. The van der Waals surface area contributed by atoms with Gasteiger partial charge in [0, 0.05) is 31.7 Å². The SMILES string of the molecule is CC(C)CS(=O)(=O)c1ccccc1Oc1ccc(-c2noc(CN3C(=O)N(CCN4CCOCC4)C(C)(C)C3=O)n2)cc1C(F)(F)F. The molecule has 3 aromatic rings. The molecule has 254 valence electrons. The largest absolute Gasteiger partial charge is 0.455 e. The van der Waals surface area contributed by atoms with Crippen molar-refractivity contribution in [3.05, 3.63) is 53.9 Å². The molecule has 2 aliphatic rings. The van der Waals surface area contributed by atoms with E-state index in [1.165, 1.54) is 35.2 Å². The number of amides is 3. The van der Waals surface area contributed by atoms with Crippen LogP contribution in [-0.4, -0.2) is 95.9 Å². The monoisotopic (exact) mass is 679 g/mol. The van der Waals surface area contributed by atoms with Crippen LogP contribution in [-0.2, 0) is 32.1 Å². The maximum Gasteiger partial charge on any atom is 0.420 e. The Morgan fingerprint density at radius 1 is 1.02 bits per heavy atom. The molecule has 12 nitrogen and oxygen atoms in total. The van der Waals surface area contributed by atoms with Crippen LogP contribution in [0.25, 0.3) is 11.4 Å². The number of morpholine rings is 1. The summed E-state index contributed by atoms with van der Waals surface area (Å²) in [6.07, 6.45) is -4.89. The summed E-state index contributed by atoms with van der Waals surface area (Å²) < 4.78 is 84.7. The lowest BCUT2D eigenvalue weighted by atomic mass is 10.0. The number of rotatable bonds is 11. The van der Waals surface area contributed by atoms with Gasteiger partial charge >= 0.3 is 12.2 Å². The number of imide groups is 1. The number of aromatic nitrogens is 2. The highest BCUT2D eigenvalue weighted by Gasteiger charge is 2.51. The number of benzene rings is 2. The number of para-hydroxylation sites is 1. The number of ether oxygens (including phenoxy) is 2. The lowest BCUT2D eigenvalue weighted by Gasteiger charge is -2.32. The molecule has 0 bridgehead atoms. The van der Waals surface area contributed by atoms with E-state index < -0.39 is 44.8 Å². The summed E-state index contributed by atoms with van der Waals surface area (Å²) in [7, 11) is -3.84. The Bertz CT molecular complexity index is 1740. The van der Waals surface area contributed by atoms with Gasteiger partial charge in [-0.1, -0.05) is 31.1 Å². The number of halogens is 3. The average Bonchev–Trinajstić information content (AvgIpc) is 3.53. The summed E-state index contributed by atoms with van der Waals surface area (Å²) in [5.41, 5.74) is -2.40. The molecule has 0 aliphatic carbocycles. The van der Waals surface area contributed by atoms with Crippen molar-refractivity contribution >= 4 is 21.8 Å². The fourth-order valence-corrected chi connectivity index (χ4v) is 7.25. The van der Waals surface area contributed by atoms with Crippen molar-refractivity contribution in [2.24, 2.45) is 5.92 Å². The topological polar surface area (TPSA) is 135 Å². The van der Waals surface area contributed by atoms with Gasteiger partial charge in [-0.25, -0.2) is 13.2 Å². The van der Waals surface area contributed by atoms with Gasteiger partial charge in [0.25, 0.3) is 5.91 Å². The van der Waals surface area contributed by atoms with E-state index in [2.05, 4.69) is 15.0 Å². The highest BCUT2D eigenvalue weighted by Crippen LogP contribution is 2.41. The van der Waals surface area contributed by atoms with Crippen LogP contribution in [0.15, 0.2) is 51.9 Å². The molecule has 3 amide bonds. The Morgan fingerprint density at radius 3 is 2.40 bits per heavy atom. The number of carbonyl (C=O) groups excluding carboxylic acids is 2. The predicted octanol–water partition coefficient (Wildman–Crippen LogP) is 4.85. The normalized spacial score (nSPS) is 17.6. The molecule has 0 atom stereocenters. The highest BCUT2D eigenvalue weighted by atomic mass is 32.2. The molecule has 0 unspecified atom stereocenters. The van der Waals surface area contributed by atoms with Crippen LogP contribution in [0.2, 0.25) is 0 Å². The Kier molecular flexibility index (Phi) is 9.67. The minimum Gasteiger partial charge on any atom is -0.455 e. The first-order chi connectivity index (χ1) is 22.1. The van der Waals surface area contributed by atoms with Crippen molar-refractivity contribution < 1.29 is 45.2 Å². The van der Waals surface area contributed by atoms with Gasteiger partial charge < -0.3 is 18.9 Å². The molecule has 2 aromatic carbocycles. The van der Waals surface area contributed by atoms with E-state index in [0.29, 0.717) is 26.3 Å². The number of sulfone groups is 1. The fraction of sp³-hybridized carbons (Fsp3) is 0.484. The second kappa shape index (κ2) is 13.2. The molecule has 0 saturated carbocycles. The number of alkyl halides is 3. The van der Waals surface area contributed by atoms with E-state index in [1.807, 2.05) is 0 Å². The first kappa shape index (κ1) is 34.3. The van der Waals surface area contributed by atoms with Crippen LogP contribution in [0.5, 0.6) is 11.5 Å². The first-order valence-electron chi connectivity index (χ1n) is 15.1. The van der Waals surface area contributed by atoms with E-state index >= 15 is 0 Å². The zero-order valence-electron chi connectivity index (χ0n) is 26.4. The van der Waals surface area contributed by atoms with Gasteiger partial charge in [-0.15, -0.1) is 0 Å². The molecule has 0 spiro atoms. The fourth-order valence-electron chi connectivity index (χ4n) is 5.49. The Hall–Kier alpha value is -4.02. The molecule has 2 fully saturated rings. The molecule has 2 saturated heterocycles. The standard InChI is InChI=1S/C31H36F3N5O7S/c1-20(2)19-47(42,43)25-8-6-5-7-24(25)45-23-10-9-21(17-22(23)31(32,33)34)27-35-26(46-36-27)18-38-28(40)30(3,4)39(29(38)41)12-11-37-13-15-44-16-14-37/h5-10,17,20H,11-16,18-19H2,1-4H3. The molecular formula is C31H36F3N5O7S. The molecule has 2 aliphatic heterocycles. The number of hydrogen-bond acceptors (Lipinski definition) is 10. The van der Waals surface area contributed by atoms with Crippen LogP contribution < -0.4 is 4.74 Å². The van der Waals surface area contributed by atoms with Gasteiger partial charge in [-0.2, -0.15) is 18.2 Å². The van der Waals surface area contributed by atoms with Gasteiger partial charge in [-0.05, 0) is 50.1 Å². The third-order valence-corrected chi connectivity index (χ3v) is 10.0. The summed E-state index contributed by atoms with van der Waals surface area (Å²) in [6, 6.07) is 8.05. The van der Waals surface area contributed by atoms with Crippen molar-refractivity contribution in [1.29, 1.82) is 0 Å². The van der Waals surface area contributed by atoms with Crippen molar-refractivity contribution in [1.82, 2.24) is 24.8 Å². The van der Waals surface area contributed by atoms with E-state index in [4.69, 9.17) is 14.0 Å². The third-order valence-electron chi connectivity index (χ3n) is 7.91. The Balaban J connectivity index is 1.35. The summed E-state index contributed by atoms with van der Waals surface area (Å²) in [5.74, 6) is -2.12. The van der Waals surface area contributed by atoms with Crippen molar-refractivity contribution in [2.45, 2.75) is 50.9 Å². The maximum absolute atomic E-state index is 14.2. The maximum atomic E-state index is 14.2. The second-order valence-electron chi connectivity index (χ2n) is 12.3. The Morgan fingerprint density at radius 2 is 1.72 bits per heavy atom. The molecule has 1 aromatic heterocycles. The molecule has 0 N–H and O–H groups in total. The number of hydrogen-bond donors (Lipinski definition) is 0. The van der Waals surface area contributed by atoms with Gasteiger partial charge in [0.2, 0.25) is 11.7 Å². The molecule has 16 heteroatoms. The molecule has 0 radical (unpaired) electrons. The lowest BCUT2D eigenvalue weighted by molar-refractivity contribution is -0.138.